The number of ether oxygens (including phenoxy) is 1. The molecule has 2 aliphatic heterocycles. The van der Waals surface area contributed by atoms with Gasteiger partial charge in [-0.1, -0.05) is 60.7 Å². The molecule has 1 N–H and O–H groups in total. The van der Waals surface area contributed by atoms with E-state index in [4.69, 9.17) is 4.74 Å². The molecule has 0 spiro atoms. The molecule has 2 fully saturated rings. The Morgan fingerprint density at radius 3 is 2.46 bits per heavy atom. The van der Waals surface area contributed by atoms with Crippen LogP contribution in [0.4, 0.5) is 0 Å². The Morgan fingerprint density at radius 1 is 1.07 bits per heavy atom. The minimum Gasteiger partial charge on any atom is -0.459 e. The SMILES string of the molecule is CN1C2CC(OC(=O)/C=C/c3ccccc3)C(Cc3ccccc3)C1CC2O. The van der Waals surface area contributed by atoms with Crippen LogP contribution in [0.3, 0.4) is 0 Å². The van der Waals surface area contributed by atoms with E-state index in [1.165, 1.54) is 11.6 Å². The highest BCUT2D eigenvalue weighted by atomic mass is 16.5. The molecule has 0 radical (unpaired) electrons. The second-order valence-corrected chi connectivity index (χ2v) is 7.91. The lowest BCUT2D eigenvalue weighted by atomic mass is 9.83. The van der Waals surface area contributed by atoms with Crippen LogP contribution < -0.4 is 0 Å². The monoisotopic (exact) mass is 377 g/mol. The number of rotatable bonds is 5. The number of carbonyl (C=O) groups excluding carboxylic acids is 1. The van der Waals surface area contributed by atoms with Crippen LogP contribution in [-0.4, -0.2) is 47.3 Å². The Labute approximate surface area is 166 Å². The van der Waals surface area contributed by atoms with Gasteiger partial charge in [0.25, 0.3) is 0 Å². The molecule has 2 bridgehead atoms. The first-order chi connectivity index (χ1) is 13.6. The van der Waals surface area contributed by atoms with Gasteiger partial charge in [-0.25, -0.2) is 4.79 Å². The van der Waals surface area contributed by atoms with Crippen molar-refractivity contribution in [3.63, 3.8) is 0 Å². The highest BCUT2D eigenvalue weighted by Crippen LogP contribution is 2.41. The van der Waals surface area contributed by atoms with Crippen molar-refractivity contribution in [3.8, 4) is 0 Å². The third-order valence-corrected chi connectivity index (χ3v) is 6.21. The molecule has 28 heavy (non-hydrogen) atoms. The van der Waals surface area contributed by atoms with Gasteiger partial charge in [-0.3, -0.25) is 4.90 Å². The van der Waals surface area contributed by atoms with Crippen molar-refractivity contribution in [2.75, 3.05) is 7.05 Å². The normalized spacial score (nSPS) is 29.9. The second kappa shape index (κ2) is 8.29. The molecule has 0 aliphatic carbocycles. The quantitative estimate of drug-likeness (QED) is 0.642. The summed E-state index contributed by atoms with van der Waals surface area (Å²) in [7, 11) is 2.08. The molecule has 2 aliphatic rings. The molecule has 146 valence electrons. The average Bonchev–Trinajstić information content (AvgIpc) is 2.91. The van der Waals surface area contributed by atoms with Crippen molar-refractivity contribution >= 4 is 12.0 Å². The molecule has 2 aromatic rings. The van der Waals surface area contributed by atoms with Crippen molar-refractivity contribution < 1.29 is 14.6 Å². The number of hydrogen-bond acceptors (Lipinski definition) is 4. The van der Waals surface area contributed by atoms with Crippen LogP contribution in [0.2, 0.25) is 0 Å². The molecule has 4 rings (SSSR count). The molecule has 5 atom stereocenters. The molecule has 2 heterocycles. The van der Waals surface area contributed by atoms with Gasteiger partial charge in [0.05, 0.1) is 6.10 Å². The standard InChI is InChI=1S/C24H27NO3/c1-25-20-15-22(26)21(25)16-23(19(20)14-18-10-6-3-7-11-18)28-24(27)13-12-17-8-4-2-5-9-17/h2-13,19-23,26H,14-16H2,1H3/b13-12+. The van der Waals surface area contributed by atoms with Crippen molar-refractivity contribution in [1.82, 2.24) is 4.90 Å². The van der Waals surface area contributed by atoms with Crippen LogP contribution in [0.15, 0.2) is 66.7 Å². The number of benzene rings is 2. The lowest BCUT2D eigenvalue weighted by Crippen LogP contribution is -2.52. The Hall–Kier alpha value is -2.43. The summed E-state index contributed by atoms with van der Waals surface area (Å²) in [6.45, 7) is 0. The number of carbonyl (C=O) groups is 1. The third kappa shape index (κ3) is 4.03. The summed E-state index contributed by atoms with van der Waals surface area (Å²) in [5, 5.41) is 10.5. The zero-order chi connectivity index (χ0) is 19.5. The Morgan fingerprint density at radius 2 is 1.75 bits per heavy atom. The van der Waals surface area contributed by atoms with Crippen LogP contribution in [0, 0.1) is 5.92 Å². The number of fused-ring (bicyclic) bond motifs is 2. The number of piperidine rings is 1. The van der Waals surface area contributed by atoms with Crippen LogP contribution in [0.25, 0.3) is 6.08 Å². The highest BCUT2D eigenvalue weighted by Gasteiger charge is 2.50. The Kier molecular flexibility index (Phi) is 5.60. The summed E-state index contributed by atoms with van der Waals surface area (Å²) in [6.07, 6.45) is 5.02. The van der Waals surface area contributed by atoms with Gasteiger partial charge in [0, 0.05) is 30.5 Å². The lowest BCUT2D eigenvalue weighted by molar-refractivity contribution is -0.151. The zero-order valence-electron chi connectivity index (χ0n) is 16.1. The van der Waals surface area contributed by atoms with E-state index in [1.807, 2.05) is 48.5 Å². The summed E-state index contributed by atoms with van der Waals surface area (Å²) in [4.78, 5) is 14.8. The summed E-state index contributed by atoms with van der Waals surface area (Å²) < 4.78 is 5.91. The number of nitrogens with zero attached hydrogens (tertiary/aromatic N) is 1. The predicted octanol–water partition coefficient (Wildman–Crippen LogP) is 3.31. The van der Waals surface area contributed by atoms with Gasteiger partial charge in [0.2, 0.25) is 0 Å². The first kappa shape index (κ1) is 18.9. The molecule has 4 heteroatoms. The van der Waals surface area contributed by atoms with E-state index in [2.05, 4.69) is 24.1 Å². The van der Waals surface area contributed by atoms with Gasteiger partial charge >= 0.3 is 5.97 Å². The van der Waals surface area contributed by atoms with Crippen molar-refractivity contribution in [2.45, 2.75) is 43.6 Å². The highest BCUT2D eigenvalue weighted by molar-refractivity contribution is 5.87. The molecular weight excluding hydrogens is 350 g/mol. The number of aliphatic hydroxyl groups excluding tert-OH is 1. The number of likely N-dealkylation sites (N-methyl/N-ethyl adjacent to an activating group) is 1. The molecule has 0 amide bonds. The van der Waals surface area contributed by atoms with Crippen LogP contribution in [-0.2, 0) is 16.0 Å². The Balaban J connectivity index is 1.50. The number of hydrogen-bond donors (Lipinski definition) is 1. The third-order valence-electron chi connectivity index (χ3n) is 6.21. The van der Waals surface area contributed by atoms with E-state index in [0.717, 1.165) is 18.4 Å². The van der Waals surface area contributed by atoms with Crippen molar-refractivity contribution in [2.24, 2.45) is 5.92 Å². The van der Waals surface area contributed by atoms with E-state index < -0.39 is 0 Å². The average molecular weight is 377 g/mol. The second-order valence-electron chi connectivity index (χ2n) is 7.91. The molecule has 5 unspecified atom stereocenters. The summed E-state index contributed by atoms with van der Waals surface area (Å²) in [5.74, 6) is -0.139. The van der Waals surface area contributed by atoms with Crippen LogP contribution >= 0.6 is 0 Å². The predicted molar refractivity (Wildman–Crippen MR) is 110 cm³/mol. The van der Waals surface area contributed by atoms with E-state index in [9.17, 15) is 9.90 Å². The zero-order valence-corrected chi connectivity index (χ0v) is 16.1. The first-order valence-corrected chi connectivity index (χ1v) is 9.99. The Bertz CT molecular complexity index is 820. The topological polar surface area (TPSA) is 49.8 Å². The summed E-state index contributed by atoms with van der Waals surface area (Å²) >= 11 is 0. The number of aliphatic hydroxyl groups is 1. The molecule has 4 nitrogen and oxygen atoms in total. The molecule has 2 saturated heterocycles. The smallest absolute Gasteiger partial charge is 0.331 e. The van der Waals surface area contributed by atoms with Gasteiger partial charge in [0.15, 0.2) is 0 Å². The maximum atomic E-state index is 12.5. The lowest BCUT2D eigenvalue weighted by Gasteiger charge is -2.42. The van der Waals surface area contributed by atoms with Crippen molar-refractivity contribution in [3.05, 3.63) is 77.9 Å². The van der Waals surface area contributed by atoms with Crippen LogP contribution in [0.1, 0.15) is 24.0 Å². The fourth-order valence-corrected chi connectivity index (χ4v) is 4.76. The van der Waals surface area contributed by atoms with E-state index >= 15 is 0 Å². The van der Waals surface area contributed by atoms with Crippen molar-refractivity contribution in [1.29, 1.82) is 0 Å². The van der Waals surface area contributed by atoms with E-state index in [1.54, 1.807) is 6.08 Å². The number of esters is 1. The fraction of sp³-hybridized carbons (Fsp3) is 0.375. The molecule has 2 aromatic carbocycles. The van der Waals surface area contributed by atoms with Crippen LogP contribution in [0.5, 0.6) is 0 Å². The van der Waals surface area contributed by atoms with Gasteiger partial charge in [-0.2, -0.15) is 0 Å². The van der Waals surface area contributed by atoms with E-state index in [-0.39, 0.29) is 36.2 Å². The van der Waals surface area contributed by atoms with Gasteiger partial charge in [0.1, 0.15) is 6.10 Å². The fourth-order valence-electron chi connectivity index (χ4n) is 4.76. The maximum absolute atomic E-state index is 12.5. The minimum absolute atomic E-state index is 0.0629. The summed E-state index contributed by atoms with van der Waals surface area (Å²) in [5.41, 5.74) is 2.21. The largest absolute Gasteiger partial charge is 0.459 e. The minimum atomic E-state index is -0.350. The molecule has 0 saturated carbocycles. The molecular formula is C24H27NO3. The van der Waals surface area contributed by atoms with E-state index in [0.29, 0.717) is 6.42 Å². The summed E-state index contributed by atoms with van der Waals surface area (Å²) in [6, 6.07) is 20.3. The molecule has 0 aromatic heterocycles. The maximum Gasteiger partial charge on any atom is 0.331 e. The van der Waals surface area contributed by atoms with Gasteiger partial charge < -0.3 is 9.84 Å². The van der Waals surface area contributed by atoms with Gasteiger partial charge in [-0.15, -0.1) is 0 Å². The van der Waals surface area contributed by atoms with Gasteiger partial charge in [-0.05, 0) is 37.1 Å². The first-order valence-electron chi connectivity index (χ1n) is 9.99.